The Kier molecular flexibility index (Phi) is 6.23. The number of hydrogen-bond acceptors (Lipinski definition) is 8. The zero-order valence-corrected chi connectivity index (χ0v) is 21.9. The number of halogens is 1. The summed E-state index contributed by atoms with van der Waals surface area (Å²) in [5, 5.41) is 14.0. The van der Waals surface area contributed by atoms with Crippen molar-refractivity contribution in [3.8, 4) is 11.1 Å². The summed E-state index contributed by atoms with van der Waals surface area (Å²) in [7, 11) is -3.84. The third kappa shape index (κ3) is 4.87. The van der Waals surface area contributed by atoms with E-state index in [0.29, 0.717) is 11.5 Å². The van der Waals surface area contributed by atoms with Crippen molar-refractivity contribution in [1.82, 2.24) is 20.2 Å². The molecule has 11 heteroatoms. The van der Waals surface area contributed by atoms with Crippen molar-refractivity contribution in [1.29, 1.82) is 0 Å². The monoisotopic (exact) mass is 548 g/mol. The molecule has 37 heavy (non-hydrogen) atoms. The third-order valence-corrected chi connectivity index (χ3v) is 8.79. The normalized spacial score (nSPS) is 13.3. The van der Waals surface area contributed by atoms with Gasteiger partial charge >= 0.3 is 0 Å². The zero-order valence-electron chi connectivity index (χ0n) is 19.5. The first-order valence-corrected chi connectivity index (χ1v) is 14.4. The predicted molar refractivity (Wildman–Crippen MR) is 147 cm³/mol. The maximum absolute atomic E-state index is 12.7. The number of rotatable bonds is 6. The molecule has 0 radical (unpaired) electrons. The topological polar surface area (TPSA) is 110 Å². The molecule has 0 bridgehead atoms. The van der Waals surface area contributed by atoms with Crippen molar-refractivity contribution >= 4 is 60.5 Å². The average molecular weight is 549 g/mol. The Balaban J connectivity index is 1.28. The molecule has 186 valence electrons. The smallest absolute Gasteiger partial charge is 0.263 e. The van der Waals surface area contributed by atoms with Gasteiger partial charge in [0.2, 0.25) is 0 Å². The van der Waals surface area contributed by atoms with Crippen molar-refractivity contribution in [2.75, 3.05) is 10.0 Å². The first-order valence-electron chi connectivity index (χ1n) is 11.7. The molecule has 6 rings (SSSR count). The highest BCUT2D eigenvalue weighted by molar-refractivity contribution is 7.92. The van der Waals surface area contributed by atoms with E-state index >= 15 is 0 Å². The maximum atomic E-state index is 12.7. The van der Waals surface area contributed by atoms with Crippen LogP contribution in [-0.2, 0) is 22.9 Å². The van der Waals surface area contributed by atoms with Crippen LogP contribution in [0.5, 0.6) is 0 Å². The molecule has 0 atom stereocenters. The quantitative estimate of drug-likeness (QED) is 0.259. The molecule has 2 N–H and O–H groups in total. The van der Waals surface area contributed by atoms with Crippen molar-refractivity contribution in [2.24, 2.45) is 0 Å². The van der Waals surface area contributed by atoms with Crippen LogP contribution in [0.15, 0.2) is 71.2 Å². The maximum Gasteiger partial charge on any atom is 0.263 e. The summed E-state index contributed by atoms with van der Waals surface area (Å²) in [6.07, 6.45) is 6.27. The average Bonchev–Trinajstić information content (AvgIpc) is 3.35. The SMILES string of the molecule is O=S(=O)(Nc1ccc(Cl)nn1)c1ccc(Nc2ncnc3scc(-c4ccc5c(c4)CCCC5)c23)cc1. The van der Waals surface area contributed by atoms with Crippen LogP contribution in [0.25, 0.3) is 21.3 Å². The Morgan fingerprint density at radius 3 is 2.49 bits per heavy atom. The second kappa shape index (κ2) is 9.70. The van der Waals surface area contributed by atoms with Crippen LogP contribution in [0, 0.1) is 0 Å². The Bertz CT molecular complexity index is 1700. The summed E-state index contributed by atoms with van der Waals surface area (Å²) >= 11 is 7.30. The third-order valence-electron chi connectivity index (χ3n) is 6.33. The van der Waals surface area contributed by atoms with Gasteiger partial charge in [0.25, 0.3) is 10.0 Å². The highest BCUT2D eigenvalue weighted by Crippen LogP contribution is 2.38. The Morgan fingerprint density at radius 2 is 1.70 bits per heavy atom. The summed E-state index contributed by atoms with van der Waals surface area (Å²) in [4.78, 5) is 9.96. The second-order valence-corrected chi connectivity index (χ2v) is 11.7. The van der Waals surface area contributed by atoms with E-state index in [1.165, 1.54) is 54.6 Å². The molecular formula is C26H21ClN6O2S2. The molecule has 5 aromatic rings. The fraction of sp³-hybridized carbons (Fsp3) is 0.154. The van der Waals surface area contributed by atoms with Gasteiger partial charge in [0.15, 0.2) is 11.0 Å². The molecule has 0 unspecified atom stereocenters. The molecule has 1 aliphatic rings. The molecule has 3 heterocycles. The van der Waals surface area contributed by atoms with Gasteiger partial charge in [-0.15, -0.1) is 21.5 Å². The predicted octanol–water partition coefficient (Wildman–Crippen LogP) is 6.22. The largest absolute Gasteiger partial charge is 0.340 e. The van der Waals surface area contributed by atoms with Crippen molar-refractivity contribution < 1.29 is 8.42 Å². The first-order chi connectivity index (χ1) is 18.0. The molecule has 0 amide bonds. The van der Waals surface area contributed by atoms with E-state index in [4.69, 9.17) is 11.6 Å². The summed E-state index contributed by atoms with van der Waals surface area (Å²) in [6, 6.07) is 16.1. The number of nitrogens with one attached hydrogen (secondary N) is 2. The number of thiophene rings is 1. The molecule has 0 fully saturated rings. The van der Waals surface area contributed by atoms with Crippen molar-refractivity contribution in [2.45, 2.75) is 30.6 Å². The van der Waals surface area contributed by atoms with Gasteiger partial charge in [0.05, 0.1) is 10.3 Å². The van der Waals surface area contributed by atoms with Gasteiger partial charge in [-0.1, -0.05) is 29.8 Å². The van der Waals surface area contributed by atoms with Crippen molar-refractivity contribution in [3.05, 3.63) is 82.6 Å². The van der Waals surface area contributed by atoms with Gasteiger partial charge in [-0.2, -0.15) is 0 Å². The van der Waals surface area contributed by atoms with Crippen molar-refractivity contribution in [3.63, 3.8) is 0 Å². The van der Waals surface area contributed by atoms with E-state index in [9.17, 15) is 8.42 Å². The minimum atomic E-state index is -3.84. The second-order valence-electron chi connectivity index (χ2n) is 8.74. The summed E-state index contributed by atoms with van der Waals surface area (Å²) in [6.45, 7) is 0. The van der Waals surface area contributed by atoms with Gasteiger partial charge in [0, 0.05) is 16.6 Å². The Morgan fingerprint density at radius 1 is 0.892 bits per heavy atom. The first kappa shape index (κ1) is 23.8. The summed E-state index contributed by atoms with van der Waals surface area (Å²) < 4.78 is 27.9. The minimum Gasteiger partial charge on any atom is -0.340 e. The lowest BCUT2D eigenvalue weighted by atomic mass is 9.89. The van der Waals surface area contributed by atoms with Gasteiger partial charge in [-0.25, -0.2) is 18.4 Å². The molecule has 0 saturated carbocycles. The number of sulfonamides is 1. The Hall–Kier alpha value is -3.60. The van der Waals surface area contributed by atoms with Crippen LogP contribution in [-0.4, -0.2) is 28.6 Å². The van der Waals surface area contributed by atoms with Gasteiger partial charge in [-0.05, 0) is 78.8 Å². The number of anilines is 3. The molecule has 1 aliphatic carbocycles. The highest BCUT2D eigenvalue weighted by atomic mass is 35.5. The molecule has 0 aliphatic heterocycles. The van der Waals surface area contributed by atoms with Crippen LogP contribution >= 0.6 is 22.9 Å². The number of fused-ring (bicyclic) bond motifs is 2. The highest BCUT2D eigenvalue weighted by Gasteiger charge is 2.18. The molecule has 8 nitrogen and oxygen atoms in total. The number of hydrogen-bond donors (Lipinski definition) is 2. The van der Waals surface area contributed by atoms with Gasteiger partial charge in [0.1, 0.15) is 17.0 Å². The minimum absolute atomic E-state index is 0.0853. The molecule has 2 aromatic carbocycles. The lowest BCUT2D eigenvalue weighted by molar-refractivity contribution is 0.601. The van der Waals surface area contributed by atoms with Crippen LogP contribution in [0.2, 0.25) is 5.15 Å². The van der Waals surface area contributed by atoms with Gasteiger partial charge < -0.3 is 5.32 Å². The van der Waals surface area contributed by atoms with Crippen LogP contribution < -0.4 is 10.0 Å². The molecular weight excluding hydrogens is 528 g/mol. The lowest BCUT2D eigenvalue weighted by Crippen LogP contribution is -2.14. The van der Waals surface area contributed by atoms with Crippen LogP contribution in [0.1, 0.15) is 24.0 Å². The summed E-state index contributed by atoms with van der Waals surface area (Å²) in [5.41, 5.74) is 5.81. The number of benzene rings is 2. The fourth-order valence-corrected chi connectivity index (χ4v) is 6.52. The molecule has 0 spiro atoms. The summed E-state index contributed by atoms with van der Waals surface area (Å²) in [5.74, 6) is 0.756. The van der Waals surface area contributed by atoms with E-state index in [1.807, 2.05) is 0 Å². The van der Waals surface area contributed by atoms with Gasteiger partial charge in [-0.3, -0.25) is 4.72 Å². The van der Waals surface area contributed by atoms with E-state index < -0.39 is 10.0 Å². The molecule has 0 saturated heterocycles. The standard InChI is InChI=1S/C26H21ClN6O2S2/c27-22-11-12-23(32-31-22)33-37(34,35)20-9-7-19(8-10-20)30-25-24-21(14-36-26(24)29-15-28-25)18-6-5-16-3-1-2-4-17(16)13-18/h5-15H,1-4H2,(H,32,33)(H,28,29,30). The van der Waals surface area contributed by atoms with E-state index in [-0.39, 0.29) is 15.9 Å². The van der Waals surface area contributed by atoms with E-state index in [1.54, 1.807) is 23.5 Å². The number of aryl methyl sites for hydroxylation is 2. The molecule has 3 aromatic heterocycles. The zero-order chi connectivity index (χ0) is 25.4. The number of aromatic nitrogens is 4. The van der Waals surface area contributed by atoms with E-state index in [0.717, 1.165) is 34.2 Å². The Labute approximate surface area is 222 Å². The van der Waals surface area contributed by atoms with E-state index in [2.05, 4.69) is 53.8 Å². The van der Waals surface area contributed by atoms with Crippen LogP contribution in [0.3, 0.4) is 0 Å². The number of nitrogens with zero attached hydrogens (tertiary/aromatic N) is 4. The fourth-order valence-electron chi connectivity index (χ4n) is 4.50. The van der Waals surface area contributed by atoms with Crippen LogP contribution in [0.4, 0.5) is 17.3 Å². The lowest BCUT2D eigenvalue weighted by Gasteiger charge is -2.16.